The molecule has 152 valence electrons. The highest BCUT2D eigenvalue weighted by Gasteiger charge is 2.18. The molecule has 7 nitrogen and oxygen atoms in total. The van der Waals surface area contributed by atoms with Crippen LogP contribution in [0.2, 0.25) is 0 Å². The standard InChI is InChI=1S/C21H18F2N6O/c22-15-2-1-3-16(23)18(15)20-26-17-12-24-28-19(17)21(27-20)25-13-4-6-14(7-5-13)29-8-10-30-11-9-29/h1-7,12H,8-11H2,(H,24,28)(H,25,26,27). The summed E-state index contributed by atoms with van der Waals surface area (Å²) < 4.78 is 33.9. The molecule has 1 aliphatic heterocycles. The van der Waals surface area contributed by atoms with Gasteiger partial charge in [0.05, 0.1) is 25.0 Å². The number of benzene rings is 2. The summed E-state index contributed by atoms with van der Waals surface area (Å²) in [5.74, 6) is -1.11. The number of hydrogen-bond donors (Lipinski definition) is 2. The summed E-state index contributed by atoms with van der Waals surface area (Å²) in [4.78, 5) is 10.9. The molecular weight excluding hydrogens is 390 g/mol. The highest BCUT2D eigenvalue weighted by Crippen LogP contribution is 2.29. The van der Waals surface area contributed by atoms with Crippen molar-refractivity contribution in [2.24, 2.45) is 0 Å². The Morgan fingerprint density at radius 3 is 2.43 bits per heavy atom. The van der Waals surface area contributed by atoms with Gasteiger partial charge in [-0.1, -0.05) is 6.07 Å². The smallest absolute Gasteiger partial charge is 0.168 e. The van der Waals surface area contributed by atoms with Crippen LogP contribution in [0.25, 0.3) is 22.4 Å². The maximum atomic E-state index is 14.3. The van der Waals surface area contributed by atoms with E-state index in [9.17, 15) is 8.78 Å². The van der Waals surface area contributed by atoms with Crippen LogP contribution >= 0.6 is 0 Å². The molecule has 2 aromatic heterocycles. The normalized spacial score (nSPS) is 14.3. The monoisotopic (exact) mass is 408 g/mol. The number of aromatic nitrogens is 4. The van der Waals surface area contributed by atoms with Gasteiger partial charge in [0.2, 0.25) is 0 Å². The Kier molecular flexibility index (Phi) is 4.72. The summed E-state index contributed by atoms with van der Waals surface area (Å²) in [5.41, 5.74) is 2.61. The van der Waals surface area contributed by atoms with E-state index in [2.05, 4.69) is 30.4 Å². The summed E-state index contributed by atoms with van der Waals surface area (Å²) in [6.45, 7) is 3.14. The Bertz CT molecular complexity index is 1170. The van der Waals surface area contributed by atoms with Gasteiger partial charge in [-0.25, -0.2) is 18.7 Å². The molecule has 1 saturated heterocycles. The van der Waals surface area contributed by atoms with Crippen molar-refractivity contribution in [3.63, 3.8) is 0 Å². The first-order valence-electron chi connectivity index (χ1n) is 9.54. The molecule has 30 heavy (non-hydrogen) atoms. The van der Waals surface area contributed by atoms with E-state index < -0.39 is 11.6 Å². The lowest BCUT2D eigenvalue weighted by Crippen LogP contribution is -2.36. The average molecular weight is 408 g/mol. The van der Waals surface area contributed by atoms with Crippen LogP contribution in [0.3, 0.4) is 0 Å². The molecule has 0 aliphatic carbocycles. The van der Waals surface area contributed by atoms with Crippen LogP contribution in [0.15, 0.2) is 48.7 Å². The van der Waals surface area contributed by atoms with E-state index in [0.29, 0.717) is 30.1 Å². The van der Waals surface area contributed by atoms with Crippen LogP contribution in [0.5, 0.6) is 0 Å². The number of H-pyrrole nitrogens is 1. The van der Waals surface area contributed by atoms with Gasteiger partial charge in [0.1, 0.15) is 22.7 Å². The average Bonchev–Trinajstić information content (AvgIpc) is 3.24. The van der Waals surface area contributed by atoms with Crippen LogP contribution in [0.4, 0.5) is 26.0 Å². The zero-order chi connectivity index (χ0) is 20.5. The van der Waals surface area contributed by atoms with E-state index in [1.807, 2.05) is 24.3 Å². The Morgan fingerprint density at radius 2 is 1.70 bits per heavy atom. The van der Waals surface area contributed by atoms with Crippen molar-refractivity contribution in [1.29, 1.82) is 0 Å². The second-order valence-electron chi connectivity index (χ2n) is 6.89. The van der Waals surface area contributed by atoms with Gasteiger partial charge in [0, 0.05) is 24.5 Å². The second-order valence-corrected chi connectivity index (χ2v) is 6.89. The highest BCUT2D eigenvalue weighted by molar-refractivity contribution is 5.88. The molecule has 2 N–H and O–H groups in total. The highest BCUT2D eigenvalue weighted by atomic mass is 19.1. The van der Waals surface area contributed by atoms with Gasteiger partial charge < -0.3 is 15.0 Å². The lowest BCUT2D eigenvalue weighted by atomic mass is 10.2. The maximum Gasteiger partial charge on any atom is 0.168 e. The number of nitrogens with zero attached hydrogens (tertiary/aromatic N) is 4. The molecule has 0 radical (unpaired) electrons. The van der Waals surface area contributed by atoms with Gasteiger partial charge in [-0.2, -0.15) is 5.10 Å². The molecule has 1 aliphatic rings. The zero-order valence-corrected chi connectivity index (χ0v) is 15.9. The number of fused-ring (bicyclic) bond motifs is 1. The summed E-state index contributed by atoms with van der Waals surface area (Å²) in [5, 5.41) is 10.0. The molecule has 3 heterocycles. The predicted octanol–water partition coefficient (Wildman–Crippen LogP) is 3.88. The minimum atomic E-state index is -0.723. The molecule has 0 saturated carbocycles. The van der Waals surface area contributed by atoms with Gasteiger partial charge in [0.15, 0.2) is 11.6 Å². The van der Waals surface area contributed by atoms with Crippen molar-refractivity contribution in [3.05, 3.63) is 60.3 Å². The fourth-order valence-corrected chi connectivity index (χ4v) is 3.47. The number of halogens is 2. The lowest BCUT2D eigenvalue weighted by Gasteiger charge is -2.28. The number of nitrogens with one attached hydrogen (secondary N) is 2. The van der Waals surface area contributed by atoms with Crippen molar-refractivity contribution >= 4 is 28.2 Å². The van der Waals surface area contributed by atoms with E-state index in [1.165, 1.54) is 24.4 Å². The molecular formula is C21H18F2N6O. The van der Waals surface area contributed by atoms with Gasteiger partial charge >= 0.3 is 0 Å². The molecule has 9 heteroatoms. The van der Waals surface area contributed by atoms with Gasteiger partial charge in [0.25, 0.3) is 0 Å². The molecule has 0 spiro atoms. The second kappa shape index (κ2) is 7.68. The zero-order valence-electron chi connectivity index (χ0n) is 15.9. The van der Waals surface area contributed by atoms with E-state index in [4.69, 9.17) is 4.74 Å². The molecule has 0 unspecified atom stereocenters. The Balaban J connectivity index is 1.49. The lowest BCUT2D eigenvalue weighted by molar-refractivity contribution is 0.122. The molecule has 2 aromatic carbocycles. The number of anilines is 3. The van der Waals surface area contributed by atoms with Crippen molar-refractivity contribution in [2.75, 3.05) is 36.5 Å². The number of morpholine rings is 1. The fourth-order valence-electron chi connectivity index (χ4n) is 3.47. The summed E-state index contributed by atoms with van der Waals surface area (Å²) >= 11 is 0. The maximum absolute atomic E-state index is 14.3. The van der Waals surface area contributed by atoms with Gasteiger partial charge in [-0.05, 0) is 36.4 Å². The summed E-state index contributed by atoms with van der Waals surface area (Å²) in [7, 11) is 0. The Morgan fingerprint density at radius 1 is 0.967 bits per heavy atom. The quantitative estimate of drug-likeness (QED) is 0.534. The van der Waals surface area contributed by atoms with Crippen LogP contribution in [0, 0.1) is 11.6 Å². The molecule has 5 rings (SSSR count). The molecule has 0 atom stereocenters. The minimum absolute atomic E-state index is 0.0491. The topological polar surface area (TPSA) is 79.0 Å². The minimum Gasteiger partial charge on any atom is -0.378 e. The third-order valence-corrected chi connectivity index (χ3v) is 4.99. The number of aromatic amines is 1. The van der Waals surface area contributed by atoms with Gasteiger partial charge in [-0.3, -0.25) is 5.10 Å². The summed E-state index contributed by atoms with van der Waals surface area (Å²) in [6.07, 6.45) is 1.49. The van der Waals surface area contributed by atoms with Crippen LogP contribution in [0.1, 0.15) is 0 Å². The third-order valence-electron chi connectivity index (χ3n) is 4.99. The van der Waals surface area contributed by atoms with Crippen LogP contribution in [-0.4, -0.2) is 46.5 Å². The first-order valence-corrected chi connectivity index (χ1v) is 9.54. The van der Waals surface area contributed by atoms with E-state index in [1.54, 1.807) is 0 Å². The first-order chi connectivity index (χ1) is 14.7. The first kappa shape index (κ1) is 18.4. The molecule has 1 fully saturated rings. The predicted molar refractivity (Wildman–Crippen MR) is 110 cm³/mol. The van der Waals surface area contributed by atoms with Crippen LogP contribution in [-0.2, 0) is 4.74 Å². The SMILES string of the molecule is Fc1cccc(F)c1-c1nc(Nc2ccc(N3CCOCC3)cc2)c2[nH]ncc2n1. The van der Waals surface area contributed by atoms with Crippen molar-refractivity contribution < 1.29 is 13.5 Å². The third kappa shape index (κ3) is 3.43. The number of hydrogen-bond acceptors (Lipinski definition) is 6. The Labute approximate surface area is 170 Å². The molecule has 0 amide bonds. The molecule has 4 aromatic rings. The summed E-state index contributed by atoms with van der Waals surface area (Å²) in [6, 6.07) is 11.5. The van der Waals surface area contributed by atoms with Crippen molar-refractivity contribution in [1.82, 2.24) is 20.2 Å². The molecule has 0 bridgehead atoms. The van der Waals surface area contributed by atoms with Gasteiger partial charge in [-0.15, -0.1) is 0 Å². The van der Waals surface area contributed by atoms with Crippen molar-refractivity contribution in [3.8, 4) is 11.4 Å². The fraction of sp³-hybridized carbons (Fsp3) is 0.190. The van der Waals surface area contributed by atoms with Crippen LogP contribution < -0.4 is 10.2 Å². The number of ether oxygens (including phenoxy) is 1. The van der Waals surface area contributed by atoms with E-state index >= 15 is 0 Å². The van der Waals surface area contributed by atoms with Crippen molar-refractivity contribution in [2.45, 2.75) is 0 Å². The largest absolute Gasteiger partial charge is 0.378 e. The number of rotatable bonds is 4. The van der Waals surface area contributed by atoms with E-state index in [0.717, 1.165) is 24.5 Å². The van der Waals surface area contributed by atoms with E-state index in [-0.39, 0.29) is 11.4 Å². The Hall–Kier alpha value is -3.59.